The average molecular weight is 140 g/mol. The van der Waals surface area contributed by atoms with Gasteiger partial charge in [0.05, 0.1) is 0 Å². The Morgan fingerprint density at radius 2 is 2.10 bits per heavy atom. The molecule has 0 aromatic carbocycles. The van der Waals surface area contributed by atoms with Crippen LogP contribution >= 0.6 is 0 Å². The van der Waals surface area contributed by atoms with E-state index in [2.05, 4.69) is 10.6 Å². The van der Waals surface area contributed by atoms with Gasteiger partial charge < -0.3 is 10.6 Å². The summed E-state index contributed by atoms with van der Waals surface area (Å²) in [6.07, 6.45) is 3.08. The van der Waals surface area contributed by atoms with Crippen LogP contribution in [0.1, 0.15) is 19.3 Å². The fraction of sp³-hybridized carbons (Fsp3) is 0.857. The maximum Gasteiger partial charge on any atom is 0.221 e. The van der Waals surface area contributed by atoms with Crippen molar-refractivity contribution in [2.75, 3.05) is 6.54 Å². The van der Waals surface area contributed by atoms with E-state index in [4.69, 9.17) is 0 Å². The zero-order valence-corrected chi connectivity index (χ0v) is 5.89. The number of fused-ring (bicyclic) bond motifs is 2. The van der Waals surface area contributed by atoms with Crippen molar-refractivity contribution in [2.24, 2.45) is 0 Å². The number of rotatable bonds is 0. The van der Waals surface area contributed by atoms with Crippen molar-refractivity contribution in [3.63, 3.8) is 0 Å². The van der Waals surface area contributed by atoms with Crippen LogP contribution in [0, 0.1) is 0 Å². The van der Waals surface area contributed by atoms with Crippen LogP contribution in [0.15, 0.2) is 0 Å². The summed E-state index contributed by atoms with van der Waals surface area (Å²) in [5, 5.41) is 6.27. The van der Waals surface area contributed by atoms with Gasteiger partial charge in [0.2, 0.25) is 5.91 Å². The standard InChI is InChI=1S/C7H12N2O/c10-7-3-5-1-2-6(9-5)4-8-7/h5-6,9H,1-4H2,(H,8,10)/t5?,6-/m0/s1. The maximum atomic E-state index is 10.9. The molecule has 0 radical (unpaired) electrons. The van der Waals surface area contributed by atoms with E-state index < -0.39 is 0 Å². The summed E-state index contributed by atoms with van der Waals surface area (Å²) in [5.74, 6) is 0.208. The highest BCUT2D eigenvalue weighted by molar-refractivity contribution is 5.77. The number of carbonyl (C=O) groups excluding carboxylic acids is 1. The van der Waals surface area contributed by atoms with E-state index in [9.17, 15) is 4.79 Å². The average Bonchev–Trinajstić information content (AvgIpc) is 2.22. The summed E-state index contributed by atoms with van der Waals surface area (Å²) in [4.78, 5) is 10.9. The molecule has 1 amide bonds. The molecule has 3 heteroatoms. The Morgan fingerprint density at radius 1 is 1.30 bits per heavy atom. The van der Waals surface area contributed by atoms with Crippen molar-refractivity contribution in [1.82, 2.24) is 10.6 Å². The van der Waals surface area contributed by atoms with Crippen LogP contribution < -0.4 is 10.6 Å². The molecule has 2 aliphatic rings. The van der Waals surface area contributed by atoms with Gasteiger partial charge in [-0.25, -0.2) is 0 Å². The van der Waals surface area contributed by atoms with Gasteiger partial charge in [-0.2, -0.15) is 0 Å². The van der Waals surface area contributed by atoms with Gasteiger partial charge in [-0.15, -0.1) is 0 Å². The second kappa shape index (κ2) is 2.23. The Balaban J connectivity index is 2.05. The topological polar surface area (TPSA) is 41.1 Å². The van der Waals surface area contributed by atoms with Gasteiger partial charge in [0.1, 0.15) is 0 Å². The lowest BCUT2D eigenvalue weighted by Crippen LogP contribution is -2.33. The summed E-state index contributed by atoms with van der Waals surface area (Å²) >= 11 is 0. The minimum absolute atomic E-state index is 0.208. The Labute approximate surface area is 60.2 Å². The molecule has 2 N–H and O–H groups in total. The van der Waals surface area contributed by atoms with Crippen molar-refractivity contribution < 1.29 is 4.79 Å². The van der Waals surface area contributed by atoms with Crippen molar-refractivity contribution >= 4 is 5.91 Å². The Kier molecular flexibility index (Phi) is 1.38. The third kappa shape index (κ3) is 1.01. The molecular formula is C7H12N2O. The lowest BCUT2D eigenvalue weighted by molar-refractivity contribution is -0.121. The highest BCUT2D eigenvalue weighted by Gasteiger charge is 2.28. The van der Waals surface area contributed by atoms with E-state index in [1.54, 1.807) is 0 Å². The molecule has 2 aliphatic heterocycles. The Hall–Kier alpha value is -0.570. The lowest BCUT2D eigenvalue weighted by Gasteiger charge is -2.06. The molecule has 3 nitrogen and oxygen atoms in total. The molecule has 2 fully saturated rings. The normalized spacial score (nSPS) is 39.0. The van der Waals surface area contributed by atoms with Gasteiger partial charge in [-0.3, -0.25) is 4.79 Å². The zero-order valence-electron chi connectivity index (χ0n) is 5.89. The van der Waals surface area contributed by atoms with E-state index in [1.807, 2.05) is 0 Å². The third-order valence-electron chi connectivity index (χ3n) is 2.31. The monoisotopic (exact) mass is 140 g/mol. The molecule has 2 rings (SSSR count). The predicted octanol–water partition coefficient (Wildman–Crippen LogP) is -0.373. The van der Waals surface area contributed by atoms with E-state index >= 15 is 0 Å². The minimum Gasteiger partial charge on any atom is -0.354 e. The molecule has 0 aromatic heterocycles. The van der Waals surface area contributed by atoms with Crippen molar-refractivity contribution in [2.45, 2.75) is 31.3 Å². The van der Waals surface area contributed by atoms with Gasteiger partial charge in [0, 0.05) is 25.0 Å². The van der Waals surface area contributed by atoms with Gasteiger partial charge in [0.25, 0.3) is 0 Å². The van der Waals surface area contributed by atoms with Crippen LogP contribution in [0.3, 0.4) is 0 Å². The van der Waals surface area contributed by atoms with Gasteiger partial charge >= 0.3 is 0 Å². The first-order valence-electron chi connectivity index (χ1n) is 3.87. The van der Waals surface area contributed by atoms with Crippen LogP contribution in [0.4, 0.5) is 0 Å². The predicted molar refractivity (Wildman–Crippen MR) is 37.6 cm³/mol. The number of amides is 1. The molecule has 1 unspecified atom stereocenters. The number of hydrogen-bond donors (Lipinski definition) is 2. The van der Waals surface area contributed by atoms with Crippen LogP contribution in [-0.4, -0.2) is 24.5 Å². The molecule has 56 valence electrons. The SMILES string of the molecule is O=C1CC2CC[C@@H](CN1)N2. The second-order valence-electron chi connectivity index (χ2n) is 3.15. The largest absolute Gasteiger partial charge is 0.354 e. The summed E-state index contributed by atoms with van der Waals surface area (Å²) in [6, 6.07) is 1.02. The first kappa shape index (κ1) is 6.16. The summed E-state index contributed by atoms with van der Waals surface area (Å²) in [5.41, 5.74) is 0. The molecule has 2 saturated heterocycles. The van der Waals surface area contributed by atoms with E-state index in [-0.39, 0.29) is 5.91 Å². The van der Waals surface area contributed by atoms with E-state index in [1.165, 1.54) is 12.8 Å². The molecular weight excluding hydrogens is 128 g/mol. The van der Waals surface area contributed by atoms with Crippen molar-refractivity contribution in [3.05, 3.63) is 0 Å². The minimum atomic E-state index is 0.208. The van der Waals surface area contributed by atoms with Crippen LogP contribution in [0.25, 0.3) is 0 Å². The molecule has 0 spiro atoms. The Morgan fingerprint density at radius 3 is 3.00 bits per heavy atom. The van der Waals surface area contributed by atoms with Crippen LogP contribution in [0.2, 0.25) is 0 Å². The lowest BCUT2D eigenvalue weighted by atomic mass is 10.1. The molecule has 0 aliphatic carbocycles. The first-order valence-corrected chi connectivity index (χ1v) is 3.87. The van der Waals surface area contributed by atoms with Gasteiger partial charge in [-0.05, 0) is 12.8 Å². The molecule has 0 saturated carbocycles. The summed E-state index contributed by atoms with van der Waals surface area (Å²) in [6.45, 7) is 0.829. The molecule has 0 aromatic rings. The van der Waals surface area contributed by atoms with Crippen molar-refractivity contribution in [1.29, 1.82) is 0 Å². The highest BCUT2D eigenvalue weighted by atomic mass is 16.1. The van der Waals surface area contributed by atoms with Crippen LogP contribution in [0.5, 0.6) is 0 Å². The first-order chi connectivity index (χ1) is 4.84. The molecule has 10 heavy (non-hydrogen) atoms. The van der Waals surface area contributed by atoms with E-state index in [0.717, 1.165) is 6.54 Å². The fourth-order valence-electron chi connectivity index (χ4n) is 1.76. The number of nitrogens with one attached hydrogen (secondary N) is 2. The maximum absolute atomic E-state index is 10.9. The van der Waals surface area contributed by atoms with Gasteiger partial charge in [0.15, 0.2) is 0 Å². The van der Waals surface area contributed by atoms with Gasteiger partial charge in [-0.1, -0.05) is 0 Å². The zero-order chi connectivity index (χ0) is 6.97. The smallest absolute Gasteiger partial charge is 0.221 e. The number of carbonyl (C=O) groups is 1. The number of hydrogen-bond acceptors (Lipinski definition) is 2. The molecule has 2 bridgehead atoms. The van der Waals surface area contributed by atoms with Crippen molar-refractivity contribution in [3.8, 4) is 0 Å². The second-order valence-corrected chi connectivity index (χ2v) is 3.15. The highest BCUT2D eigenvalue weighted by Crippen LogP contribution is 2.16. The molecule has 2 heterocycles. The van der Waals surface area contributed by atoms with E-state index in [0.29, 0.717) is 18.5 Å². The Bertz CT molecular complexity index is 158. The molecule has 2 atom stereocenters. The third-order valence-corrected chi connectivity index (χ3v) is 2.31. The summed E-state index contributed by atoms with van der Waals surface area (Å²) in [7, 11) is 0. The quantitative estimate of drug-likeness (QED) is 0.482. The summed E-state index contributed by atoms with van der Waals surface area (Å²) < 4.78 is 0. The fourth-order valence-corrected chi connectivity index (χ4v) is 1.76. The van der Waals surface area contributed by atoms with Crippen LogP contribution in [-0.2, 0) is 4.79 Å².